The summed E-state index contributed by atoms with van der Waals surface area (Å²) in [6.45, 7) is 0. The minimum atomic E-state index is -0.320. The lowest BCUT2D eigenvalue weighted by Gasteiger charge is -2.12. The maximum atomic E-state index is 14.3. The topological polar surface area (TPSA) is 0 Å². The SMILES string of the molecule is Fc1cc2ccc1-c1ccc(F)c-2c1-c1ccccc1. The van der Waals surface area contributed by atoms with Gasteiger partial charge in [-0.05, 0) is 28.8 Å². The van der Waals surface area contributed by atoms with Gasteiger partial charge < -0.3 is 0 Å². The summed E-state index contributed by atoms with van der Waals surface area (Å²) in [7, 11) is 0. The molecule has 0 radical (unpaired) electrons. The second-order valence-corrected chi connectivity index (χ2v) is 4.91. The Morgan fingerprint density at radius 2 is 1.30 bits per heavy atom. The second-order valence-electron chi connectivity index (χ2n) is 4.91. The van der Waals surface area contributed by atoms with Crippen molar-refractivity contribution in [2.45, 2.75) is 0 Å². The van der Waals surface area contributed by atoms with Gasteiger partial charge in [0.2, 0.25) is 0 Å². The number of halogens is 2. The molecule has 0 spiro atoms. The fourth-order valence-electron chi connectivity index (χ4n) is 2.88. The van der Waals surface area contributed by atoms with Crippen molar-refractivity contribution in [2.75, 3.05) is 0 Å². The van der Waals surface area contributed by atoms with E-state index >= 15 is 0 Å². The van der Waals surface area contributed by atoms with Gasteiger partial charge in [0, 0.05) is 16.7 Å². The molecule has 0 amide bonds. The van der Waals surface area contributed by atoms with Crippen molar-refractivity contribution in [1.82, 2.24) is 0 Å². The largest absolute Gasteiger partial charge is 0.206 e. The predicted molar refractivity (Wildman–Crippen MR) is 76.2 cm³/mol. The van der Waals surface area contributed by atoms with E-state index in [1.54, 1.807) is 18.2 Å². The van der Waals surface area contributed by atoms with Crippen LogP contribution in [0, 0.1) is 11.6 Å². The highest BCUT2D eigenvalue weighted by molar-refractivity contribution is 5.97. The van der Waals surface area contributed by atoms with E-state index in [4.69, 9.17) is 0 Å². The number of fused-ring (bicyclic) bond motifs is 2. The number of hydrogen-bond acceptors (Lipinski definition) is 0. The van der Waals surface area contributed by atoms with Gasteiger partial charge in [-0.2, -0.15) is 0 Å². The molecule has 0 fully saturated rings. The van der Waals surface area contributed by atoms with Crippen molar-refractivity contribution in [3.63, 3.8) is 0 Å². The van der Waals surface area contributed by atoms with E-state index in [1.165, 1.54) is 12.1 Å². The Labute approximate surface area is 115 Å². The summed E-state index contributed by atoms with van der Waals surface area (Å²) in [5.74, 6) is -0.625. The van der Waals surface area contributed by atoms with Gasteiger partial charge in [-0.3, -0.25) is 0 Å². The minimum Gasteiger partial charge on any atom is -0.206 e. The lowest BCUT2D eigenvalue weighted by Crippen LogP contribution is -1.90. The summed E-state index contributed by atoms with van der Waals surface area (Å²) < 4.78 is 28.4. The summed E-state index contributed by atoms with van der Waals surface area (Å²) >= 11 is 0. The molecular formula is C18H10F2. The van der Waals surface area contributed by atoms with Gasteiger partial charge in [0.25, 0.3) is 0 Å². The van der Waals surface area contributed by atoms with E-state index in [0.29, 0.717) is 16.7 Å². The Morgan fingerprint density at radius 3 is 2.05 bits per heavy atom. The summed E-state index contributed by atoms with van der Waals surface area (Å²) in [5, 5.41) is 0. The molecule has 0 nitrogen and oxygen atoms in total. The smallest absolute Gasteiger partial charge is 0.131 e. The Hall–Kier alpha value is -2.48. The van der Waals surface area contributed by atoms with E-state index in [9.17, 15) is 8.78 Å². The third-order valence-corrected chi connectivity index (χ3v) is 3.76. The molecule has 96 valence electrons. The van der Waals surface area contributed by atoms with Gasteiger partial charge >= 0.3 is 0 Å². The first-order valence-electron chi connectivity index (χ1n) is 6.44. The first-order chi connectivity index (χ1) is 9.75. The lowest BCUT2D eigenvalue weighted by atomic mass is 9.92. The Kier molecular flexibility index (Phi) is 2.27. The van der Waals surface area contributed by atoms with Crippen LogP contribution in [-0.2, 0) is 0 Å². The molecule has 0 unspecified atom stereocenters. The van der Waals surface area contributed by atoms with Crippen molar-refractivity contribution in [1.29, 1.82) is 0 Å². The average molecular weight is 264 g/mol. The van der Waals surface area contributed by atoms with Crippen molar-refractivity contribution < 1.29 is 8.78 Å². The molecule has 4 bridgehead atoms. The molecule has 0 heterocycles. The maximum absolute atomic E-state index is 14.3. The Bertz CT molecular complexity index is 820. The second kappa shape index (κ2) is 4.01. The van der Waals surface area contributed by atoms with E-state index in [2.05, 4.69) is 0 Å². The quantitative estimate of drug-likeness (QED) is 0.439. The zero-order valence-electron chi connectivity index (χ0n) is 10.5. The molecule has 3 aromatic carbocycles. The monoisotopic (exact) mass is 264 g/mol. The van der Waals surface area contributed by atoms with Gasteiger partial charge in [0.05, 0.1) is 0 Å². The van der Waals surface area contributed by atoms with Crippen LogP contribution >= 0.6 is 0 Å². The molecule has 0 atom stereocenters. The normalized spacial score (nSPS) is 11.5. The van der Waals surface area contributed by atoms with Crippen molar-refractivity contribution in [2.24, 2.45) is 0 Å². The highest BCUT2D eigenvalue weighted by atomic mass is 19.1. The summed E-state index contributed by atoms with van der Waals surface area (Å²) in [4.78, 5) is 0. The minimum absolute atomic E-state index is 0.305. The highest BCUT2D eigenvalue weighted by Gasteiger charge is 2.23. The van der Waals surface area contributed by atoms with Crippen LogP contribution in [0.2, 0.25) is 0 Å². The van der Waals surface area contributed by atoms with E-state index in [1.807, 2.05) is 30.3 Å². The van der Waals surface area contributed by atoms with E-state index < -0.39 is 0 Å². The summed E-state index contributed by atoms with van der Waals surface area (Å²) in [6.07, 6.45) is 0. The zero-order valence-corrected chi connectivity index (χ0v) is 10.5. The third kappa shape index (κ3) is 1.45. The average Bonchev–Trinajstić information content (AvgIpc) is 2.64. The molecule has 0 saturated heterocycles. The Morgan fingerprint density at radius 1 is 0.550 bits per heavy atom. The number of benzene rings is 3. The van der Waals surface area contributed by atoms with Gasteiger partial charge in [0.1, 0.15) is 11.6 Å². The van der Waals surface area contributed by atoms with Crippen LogP contribution in [0.3, 0.4) is 0 Å². The third-order valence-electron chi connectivity index (χ3n) is 3.76. The predicted octanol–water partition coefficient (Wildman–Crippen LogP) is 5.28. The first-order valence-corrected chi connectivity index (χ1v) is 6.44. The summed E-state index contributed by atoms with van der Waals surface area (Å²) in [6, 6.07) is 17.5. The molecule has 0 saturated carbocycles. The fraction of sp³-hybridized carbons (Fsp3) is 0. The van der Waals surface area contributed by atoms with Gasteiger partial charge in [0.15, 0.2) is 0 Å². The van der Waals surface area contributed by atoms with Crippen LogP contribution in [0.4, 0.5) is 8.78 Å². The molecule has 20 heavy (non-hydrogen) atoms. The van der Waals surface area contributed by atoms with Gasteiger partial charge in [-0.25, -0.2) is 8.78 Å². The van der Waals surface area contributed by atoms with E-state index in [-0.39, 0.29) is 11.6 Å². The van der Waals surface area contributed by atoms with Crippen LogP contribution in [0.15, 0.2) is 60.7 Å². The van der Waals surface area contributed by atoms with Crippen LogP contribution in [0.25, 0.3) is 33.4 Å². The molecule has 3 aromatic rings. The fourth-order valence-corrected chi connectivity index (χ4v) is 2.88. The molecular weight excluding hydrogens is 254 g/mol. The molecule has 2 heteroatoms. The molecule has 5 rings (SSSR count). The highest BCUT2D eigenvalue weighted by Crippen LogP contribution is 2.45. The van der Waals surface area contributed by atoms with Crippen molar-refractivity contribution in [3.05, 3.63) is 72.3 Å². The van der Waals surface area contributed by atoms with Crippen LogP contribution in [0.1, 0.15) is 0 Å². The molecule has 0 N–H and O–H groups in total. The van der Waals surface area contributed by atoms with Gasteiger partial charge in [-0.15, -0.1) is 0 Å². The lowest BCUT2D eigenvalue weighted by molar-refractivity contribution is 0.630. The first kappa shape index (κ1) is 11.4. The van der Waals surface area contributed by atoms with Crippen LogP contribution < -0.4 is 0 Å². The van der Waals surface area contributed by atoms with Crippen LogP contribution in [0.5, 0.6) is 0 Å². The molecule has 2 aliphatic carbocycles. The molecule has 0 aliphatic heterocycles. The van der Waals surface area contributed by atoms with Crippen molar-refractivity contribution in [3.8, 4) is 33.4 Å². The Balaban J connectivity index is 2.18. The van der Waals surface area contributed by atoms with Crippen molar-refractivity contribution >= 4 is 0 Å². The standard InChI is InChI=1S/C18H10F2/c19-15-9-8-14-13-7-6-12(10-16(13)20)18(15)17(14)11-4-2-1-3-5-11/h1-10H. The number of hydrogen-bond donors (Lipinski definition) is 0. The molecule has 2 aliphatic rings. The zero-order chi connectivity index (χ0) is 13.7. The number of rotatable bonds is 1. The van der Waals surface area contributed by atoms with Crippen LogP contribution in [-0.4, -0.2) is 0 Å². The van der Waals surface area contributed by atoms with Gasteiger partial charge in [-0.1, -0.05) is 48.5 Å². The van der Waals surface area contributed by atoms with E-state index in [0.717, 1.165) is 16.7 Å². The summed E-state index contributed by atoms with van der Waals surface area (Å²) in [5.41, 5.74) is 3.99. The maximum Gasteiger partial charge on any atom is 0.131 e. The molecule has 0 aromatic heterocycles.